The molecule has 0 unspecified atom stereocenters. The molecule has 0 amide bonds. The summed E-state index contributed by atoms with van der Waals surface area (Å²) in [6.07, 6.45) is 2.19. The Labute approximate surface area is 247 Å². The van der Waals surface area contributed by atoms with Crippen molar-refractivity contribution in [2.45, 2.75) is 9.79 Å². The van der Waals surface area contributed by atoms with Crippen LogP contribution in [0.5, 0.6) is 0 Å². The van der Waals surface area contributed by atoms with E-state index in [4.69, 9.17) is 0 Å². The molecule has 0 fully saturated rings. The van der Waals surface area contributed by atoms with Crippen molar-refractivity contribution in [1.82, 2.24) is 9.13 Å². The fourth-order valence-corrected chi connectivity index (χ4v) is 7.57. The van der Waals surface area contributed by atoms with Gasteiger partial charge in [-0.3, -0.25) is 0 Å². The van der Waals surface area contributed by atoms with Crippen LogP contribution in [0, 0.1) is 0 Å². The Morgan fingerprint density at radius 2 is 1.10 bits per heavy atom. The molecule has 0 bridgehead atoms. The highest BCUT2D eigenvalue weighted by Gasteiger charge is 2.25. The van der Waals surface area contributed by atoms with Gasteiger partial charge in [-0.25, -0.2) is 0 Å². The Kier molecular flexibility index (Phi) is 5.13. The van der Waals surface area contributed by atoms with E-state index in [0.29, 0.717) is 0 Å². The van der Waals surface area contributed by atoms with Crippen molar-refractivity contribution in [2.24, 2.45) is 0 Å². The largest absolute Gasteiger partial charge is 0.316 e. The van der Waals surface area contributed by atoms with Crippen molar-refractivity contribution in [3.63, 3.8) is 0 Å². The van der Waals surface area contributed by atoms with Gasteiger partial charge >= 0.3 is 0 Å². The number of aromatic nitrogens is 2. The number of hydrogen-bond donors (Lipinski definition) is 0. The molecule has 0 N–H and O–H groups in total. The molecule has 0 spiro atoms. The van der Waals surface area contributed by atoms with E-state index in [9.17, 15) is 0 Å². The first kappa shape index (κ1) is 23.5. The average Bonchev–Trinajstić information content (AvgIpc) is 3.64. The second-order valence-corrected chi connectivity index (χ2v) is 11.7. The molecule has 0 aliphatic carbocycles. The smallest absolute Gasteiger partial charge is 0.0635 e. The second kappa shape index (κ2) is 9.16. The summed E-state index contributed by atoms with van der Waals surface area (Å²) in [6, 6.07) is 52.5. The quantitative estimate of drug-likeness (QED) is 0.215. The van der Waals surface area contributed by atoms with E-state index in [1.807, 2.05) is 11.8 Å². The summed E-state index contributed by atoms with van der Waals surface area (Å²) in [4.78, 5) is 4.94. The van der Waals surface area contributed by atoms with Crippen LogP contribution in [0.4, 0.5) is 17.1 Å². The Hall–Kier alpha value is -5.19. The van der Waals surface area contributed by atoms with E-state index in [2.05, 4.69) is 166 Å². The minimum absolute atomic E-state index is 1.15. The van der Waals surface area contributed by atoms with E-state index < -0.39 is 0 Å². The third-order valence-electron chi connectivity index (χ3n) is 8.32. The van der Waals surface area contributed by atoms with Crippen molar-refractivity contribution in [3.8, 4) is 11.4 Å². The van der Waals surface area contributed by atoms with Crippen LogP contribution in [0.15, 0.2) is 162 Å². The Morgan fingerprint density at radius 3 is 1.90 bits per heavy atom. The fraction of sp³-hybridized carbons (Fsp3) is 0. The van der Waals surface area contributed by atoms with Crippen molar-refractivity contribution < 1.29 is 0 Å². The van der Waals surface area contributed by atoms with E-state index >= 15 is 0 Å². The lowest BCUT2D eigenvalue weighted by Gasteiger charge is -2.33. The predicted octanol–water partition coefficient (Wildman–Crippen LogP) is 10.7. The van der Waals surface area contributed by atoms with Gasteiger partial charge in [0.1, 0.15) is 0 Å². The van der Waals surface area contributed by atoms with Crippen molar-refractivity contribution in [1.29, 1.82) is 0 Å². The number of para-hydroxylation sites is 4. The normalized spacial score (nSPS) is 12.6. The summed E-state index contributed by atoms with van der Waals surface area (Å²) < 4.78 is 4.73. The number of benzene rings is 6. The average molecular weight is 556 g/mol. The highest BCUT2D eigenvalue weighted by molar-refractivity contribution is 7.99. The lowest BCUT2D eigenvalue weighted by Crippen LogP contribution is -2.15. The number of fused-ring (bicyclic) bond motifs is 7. The summed E-state index contributed by atoms with van der Waals surface area (Å²) >= 11 is 1.84. The summed E-state index contributed by atoms with van der Waals surface area (Å²) in [5.74, 6) is 0. The van der Waals surface area contributed by atoms with Crippen LogP contribution in [0.1, 0.15) is 0 Å². The van der Waals surface area contributed by atoms with Crippen LogP contribution < -0.4 is 4.90 Å². The third-order valence-corrected chi connectivity index (χ3v) is 9.45. The molecular weight excluding hydrogens is 531 g/mol. The van der Waals surface area contributed by atoms with Gasteiger partial charge in [0.25, 0.3) is 0 Å². The molecule has 6 aromatic carbocycles. The van der Waals surface area contributed by atoms with E-state index in [0.717, 1.165) is 17.1 Å². The zero-order valence-electron chi connectivity index (χ0n) is 22.7. The van der Waals surface area contributed by atoms with E-state index in [1.54, 1.807) is 0 Å². The summed E-state index contributed by atoms with van der Waals surface area (Å²) in [6.45, 7) is 0. The molecule has 0 saturated carbocycles. The molecular formula is C38H25N3S. The molecule has 1 aliphatic rings. The zero-order valence-corrected chi connectivity index (χ0v) is 23.5. The third kappa shape index (κ3) is 3.42. The number of rotatable bonds is 3. The van der Waals surface area contributed by atoms with Crippen LogP contribution in [0.3, 0.4) is 0 Å². The van der Waals surface area contributed by atoms with Gasteiger partial charge in [0, 0.05) is 49.2 Å². The standard InChI is InChI=1S/C38H25N3S/c1-2-11-26(12-3-1)39-24-23-31-32(39)22-21-30-29-15-4-5-16-33(29)41(38(30)31)28-14-10-13-27(25-28)40-34-17-6-8-19-36(34)42-37-20-9-7-18-35(37)40/h1-25H. The maximum absolute atomic E-state index is 2.45. The maximum Gasteiger partial charge on any atom is 0.0635 e. The molecule has 0 atom stereocenters. The maximum atomic E-state index is 2.45. The summed E-state index contributed by atoms with van der Waals surface area (Å²) in [5, 5.41) is 3.76. The van der Waals surface area contributed by atoms with Gasteiger partial charge in [0.15, 0.2) is 0 Å². The fourth-order valence-electron chi connectivity index (χ4n) is 6.51. The van der Waals surface area contributed by atoms with Gasteiger partial charge in [-0.15, -0.1) is 0 Å². The zero-order chi connectivity index (χ0) is 27.6. The lowest BCUT2D eigenvalue weighted by molar-refractivity contribution is 1.13. The van der Waals surface area contributed by atoms with Crippen molar-refractivity contribution >= 4 is 61.5 Å². The van der Waals surface area contributed by atoms with Gasteiger partial charge in [-0.2, -0.15) is 0 Å². The van der Waals surface area contributed by atoms with Crippen LogP contribution in [-0.4, -0.2) is 9.13 Å². The van der Waals surface area contributed by atoms with Gasteiger partial charge < -0.3 is 14.0 Å². The van der Waals surface area contributed by atoms with Crippen LogP contribution in [-0.2, 0) is 0 Å². The number of anilines is 3. The van der Waals surface area contributed by atoms with Crippen molar-refractivity contribution in [2.75, 3.05) is 4.90 Å². The second-order valence-electron chi connectivity index (χ2n) is 10.7. The Morgan fingerprint density at radius 1 is 0.429 bits per heavy atom. The highest BCUT2D eigenvalue weighted by Crippen LogP contribution is 2.51. The molecule has 4 heteroatoms. The summed E-state index contributed by atoms with van der Waals surface area (Å²) in [7, 11) is 0. The topological polar surface area (TPSA) is 13.1 Å². The minimum Gasteiger partial charge on any atom is -0.316 e. The van der Waals surface area contributed by atoms with Gasteiger partial charge in [0.05, 0.1) is 27.9 Å². The number of hydrogen-bond acceptors (Lipinski definition) is 2. The molecule has 1 aliphatic heterocycles. The van der Waals surface area contributed by atoms with Crippen LogP contribution >= 0.6 is 11.8 Å². The molecule has 0 radical (unpaired) electrons. The van der Waals surface area contributed by atoms with Crippen LogP contribution in [0.25, 0.3) is 44.1 Å². The van der Waals surface area contributed by atoms with Gasteiger partial charge in [-0.05, 0) is 72.8 Å². The molecule has 3 heterocycles. The predicted molar refractivity (Wildman–Crippen MR) is 176 cm³/mol. The minimum atomic E-state index is 1.15. The lowest BCUT2D eigenvalue weighted by atomic mass is 10.1. The van der Waals surface area contributed by atoms with E-state index in [1.165, 1.54) is 53.9 Å². The molecule has 2 aromatic heterocycles. The molecule has 42 heavy (non-hydrogen) atoms. The summed E-state index contributed by atoms with van der Waals surface area (Å²) in [5.41, 5.74) is 9.52. The molecule has 0 saturated heterocycles. The number of nitrogens with zero attached hydrogens (tertiary/aromatic N) is 3. The molecule has 8 aromatic rings. The molecule has 3 nitrogen and oxygen atoms in total. The molecule has 9 rings (SSSR count). The molecule has 198 valence electrons. The van der Waals surface area contributed by atoms with Crippen LogP contribution in [0.2, 0.25) is 0 Å². The monoisotopic (exact) mass is 555 g/mol. The first-order chi connectivity index (χ1) is 20.8. The van der Waals surface area contributed by atoms with Crippen molar-refractivity contribution in [3.05, 3.63) is 152 Å². The first-order valence-electron chi connectivity index (χ1n) is 14.2. The first-order valence-corrected chi connectivity index (χ1v) is 15.0. The highest BCUT2D eigenvalue weighted by atomic mass is 32.2. The SMILES string of the molecule is c1ccc(-n2ccc3c2ccc2c4ccccc4n(-c4cccc(N5c6ccccc6Sc6ccccc65)c4)c23)cc1. The van der Waals surface area contributed by atoms with Gasteiger partial charge in [0.2, 0.25) is 0 Å². The Balaban J connectivity index is 1.31. The van der Waals surface area contributed by atoms with E-state index in [-0.39, 0.29) is 0 Å². The van der Waals surface area contributed by atoms with Gasteiger partial charge in [-0.1, -0.05) is 84.6 Å². The Bertz CT molecular complexity index is 2250.